The Morgan fingerprint density at radius 1 is 1.29 bits per heavy atom. The summed E-state index contributed by atoms with van der Waals surface area (Å²) in [5.41, 5.74) is 3.68. The van der Waals surface area contributed by atoms with Gasteiger partial charge in [0.25, 0.3) is 0 Å². The predicted octanol–water partition coefficient (Wildman–Crippen LogP) is 2.61. The SMILES string of the molecule is Cc1nc2ccccn2c1CCC(=O)Nc1cccnc1. The second kappa shape index (κ2) is 5.75. The van der Waals surface area contributed by atoms with Gasteiger partial charge >= 0.3 is 0 Å². The second-order valence-electron chi connectivity index (χ2n) is 4.86. The Balaban J connectivity index is 1.69. The van der Waals surface area contributed by atoms with Crippen molar-refractivity contribution in [2.45, 2.75) is 19.8 Å². The van der Waals surface area contributed by atoms with Gasteiger partial charge in [0.2, 0.25) is 5.91 Å². The fourth-order valence-electron chi connectivity index (χ4n) is 2.36. The number of pyridine rings is 2. The first-order chi connectivity index (χ1) is 10.2. The zero-order valence-corrected chi connectivity index (χ0v) is 11.8. The third-order valence-corrected chi connectivity index (χ3v) is 3.36. The maximum Gasteiger partial charge on any atom is 0.224 e. The van der Waals surface area contributed by atoms with Crippen LogP contribution in [0.25, 0.3) is 5.65 Å². The van der Waals surface area contributed by atoms with Gasteiger partial charge in [-0.3, -0.25) is 9.78 Å². The Morgan fingerprint density at radius 2 is 2.19 bits per heavy atom. The lowest BCUT2D eigenvalue weighted by atomic mass is 10.2. The van der Waals surface area contributed by atoms with E-state index in [0.717, 1.165) is 22.7 Å². The molecule has 0 unspecified atom stereocenters. The van der Waals surface area contributed by atoms with Crippen LogP contribution in [-0.4, -0.2) is 20.3 Å². The average Bonchev–Trinajstić information content (AvgIpc) is 2.81. The van der Waals surface area contributed by atoms with Crippen molar-refractivity contribution in [3.8, 4) is 0 Å². The van der Waals surface area contributed by atoms with Crippen molar-refractivity contribution in [2.24, 2.45) is 0 Å². The highest BCUT2D eigenvalue weighted by atomic mass is 16.1. The lowest BCUT2D eigenvalue weighted by Crippen LogP contribution is -2.13. The molecule has 3 rings (SSSR count). The van der Waals surface area contributed by atoms with Crippen LogP contribution in [0.1, 0.15) is 17.8 Å². The Morgan fingerprint density at radius 3 is 3.00 bits per heavy atom. The van der Waals surface area contributed by atoms with E-state index in [1.165, 1.54) is 0 Å². The highest BCUT2D eigenvalue weighted by Crippen LogP contribution is 2.14. The molecule has 1 N–H and O–H groups in total. The molecule has 0 aliphatic rings. The topological polar surface area (TPSA) is 59.3 Å². The van der Waals surface area contributed by atoms with Crippen LogP contribution in [-0.2, 0) is 11.2 Å². The molecule has 0 saturated carbocycles. The molecular weight excluding hydrogens is 264 g/mol. The molecule has 21 heavy (non-hydrogen) atoms. The second-order valence-corrected chi connectivity index (χ2v) is 4.86. The molecule has 106 valence electrons. The van der Waals surface area contributed by atoms with Crippen molar-refractivity contribution in [3.05, 3.63) is 60.3 Å². The van der Waals surface area contributed by atoms with Gasteiger partial charge in [-0.15, -0.1) is 0 Å². The first-order valence-electron chi connectivity index (χ1n) is 6.86. The number of nitrogens with one attached hydrogen (secondary N) is 1. The molecule has 0 aromatic carbocycles. The highest BCUT2D eigenvalue weighted by Gasteiger charge is 2.10. The number of hydrogen-bond donors (Lipinski definition) is 1. The molecule has 0 saturated heterocycles. The van der Waals surface area contributed by atoms with E-state index in [2.05, 4.69) is 15.3 Å². The number of aryl methyl sites for hydroxylation is 2. The molecule has 0 bridgehead atoms. The number of fused-ring (bicyclic) bond motifs is 1. The van der Waals surface area contributed by atoms with E-state index >= 15 is 0 Å². The molecule has 0 radical (unpaired) electrons. The lowest BCUT2D eigenvalue weighted by molar-refractivity contribution is -0.116. The summed E-state index contributed by atoms with van der Waals surface area (Å²) in [5, 5.41) is 2.84. The summed E-state index contributed by atoms with van der Waals surface area (Å²) in [6.45, 7) is 1.97. The van der Waals surface area contributed by atoms with E-state index < -0.39 is 0 Å². The highest BCUT2D eigenvalue weighted by molar-refractivity contribution is 5.90. The Bertz CT molecular complexity index is 764. The normalized spacial score (nSPS) is 10.7. The minimum Gasteiger partial charge on any atom is -0.325 e. The van der Waals surface area contributed by atoms with Crippen molar-refractivity contribution in [1.82, 2.24) is 14.4 Å². The van der Waals surface area contributed by atoms with E-state index in [9.17, 15) is 4.79 Å². The smallest absolute Gasteiger partial charge is 0.224 e. The summed E-state index contributed by atoms with van der Waals surface area (Å²) < 4.78 is 2.03. The summed E-state index contributed by atoms with van der Waals surface area (Å²) in [4.78, 5) is 20.5. The molecule has 1 amide bonds. The summed E-state index contributed by atoms with van der Waals surface area (Å²) >= 11 is 0. The van der Waals surface area contributed by atoms with Gasteiger partial charge in [-0.1, -0.05) is 6.07 Å². The molecule has 3 heterocycles. The van der Waals surface area contributed by atoms with Crippen LogP contribution < -0.4 is 5.32 Å². The number of hydrogen-bond acceptors (Lipinski definition) is 3. The zero-order chi connectivity index (χ0) is 14.7. The Kier molecular flexibility index (Phi) is 3.64. The average molecular weight is 280 g/mol. The Labute approximate surface area is 122 Å². The third kappa shape index (κ3) is 2.91. The molecular formula is C16H16N4O. The number of carbonyl (C=O) groups is 1. The van der Waals surface area contributed by atoms with Crippen LogP contribution in [0, 0.1) is 6.92 Å². The molecule has 0 fully saturated rings. The molecule has 3 aromatic heterocycles. The first-order valence-corrected chi connectivity index (χ1v) is 6.86. The van der Waals surface area contributed by atoms with Gasteiger partial charge < -0.3 is 9.72 Å². The van der Waals surface area contributed by atoms with Crippen molar-refractivity contribution < 1.29 is 4.79 Å². The number of carbonyl (C=O) groups excluding carboxylic acids is 1. The van der Waals surface area contributed by atoms with E-state index in [1.54, 1.807) is 18.5 Å². The summed E-state index contributed by atoms with van der Waals surface area (Å²) in [6.07, 6.45) is 6.36. The van der Waals surface area contributed by atoms with Crippen molar-refractivity contribution >= 4 is 17.2 Å². The maximum absolute atomic E-state index is 12.0. The van der Waals surface area contributed by atoms with Gasteiger partial charge in [-0.2, -0.15) is 0 Å². The molecule has 5 heteroatoms. The van der Waals surface area contributed by atoms with Gasteiger partial charge in [0.15, 0.2) is 0 Å². The Hall–Kier alpha value is -2.69. The van der Waals surface area contributed by atoms with Gasteiger partial charge in [-0.05, 0) is 37.6 Å². The van der Waals surface area contributed by atoms with Crippen LogP contribution in [0.2, 0.25) is 0 Å². The molecule has 3 aromatic rings. The number of imidazole rings is 1. The van der Waals surface area contributed by atoms with Crippen molar-refractivity contribution in [2.75, 3.05) is 5.32 Å². The molecule has 0 spiro atoms. The number of nitrogens with zero attached hydrogens (tertiary/aromatic N) is 3. The molecule has 0 aliphatic heterocycles. The monoisotopic (exact) mass is 280 g/mol. The van der Waals surface area contributed by atoms with Gasteiger partial charge in [0.05, 0.1) is 17.6 Å². The number of amides is 1. The standard InChI is InChI=1S/C16H16N4O/c1-12-14(20-10-3-2-6-15(20)18-12)7-8-16(21)19-13-5-4-9-17-11-13/h2-6,9-11H,7-8H2,1H3,(H,19,21). The van der Waals surface area contributed by atoms with Gasteiger partial charge in [-0.25, -0.2) is 4.98 Å². The lowest BCUT2D eigenvalue weighted by Gasteiger charge is -2.05. The summed E-state index contributed by atoms with van der Waals surface area (Å²) in [5.74, 6) is -0.0201. The number of anilines is 1. The van der Waals surface area contributed by atoms with Gasteiger partial charge in [0.1, 0.15) is 5.65 Å². The first kappa shape index (κ1) is 13.3. The van der Waals surface area contributed by atoms with E-state index in [4.69, 9.17) is 0 Å². The summed E-state index contributed by atoms with van der Waals surface area (Å²) in [6, 6.07) is 9.51. The zero-order valence-electron chi connectivity index (χ0n) is 11.8. The quantitative estimate of drug-likeness (QED) is 0.799. The third-order valence-electron chi connectivity index (χ3n) is 3.36. The van der Waals surface area contributed by atoms with Crippen LogP contribution in [0.15, 0.2) is 48.9 Å². The van der Waals surface area contributed by atoms with E-state index in [-0.39, 0.29) is 5.91 Å². The molecule has 0 atom stereocenters. The van der Waals surface area contributed by atoms with Crippen LogP contribution in [0.3, 0.4) is 0 Å². The number of aromatic nitrogens is 3. The van der Waals surface area contributed by atoms with Crippen LogP contribution in [0.4, 0.5) is 5.69 Å². The fourth-order valence-corrected chi connectivity index (χ4v) is 2.36. The predicted molar refractivity (Wildman–Crippen MR) is 81.1 cm³/mol. The minimum absolute atomic E-state index is 0.0201. The summed E-state index contributed by atoms with van der Waals surface area (Å²) in [7, 11) is 0. The maximum atomic E-state index is 12.0. The van der Waals surface area contributed by atoms with E-state index in [0.29, 0.717) is 12.8 Å². The van der Waals surface area contributed by atoms with Gasteiger partial charge in [0, 0.05) is 24.5 Å². The fraction of sp³-hybridized carbons (Fsp3) is 0.188. The van der Waals surface area contributed by atoms with E-state index in [1.807, 2.05) is 41.8 Å². The molecule has 0 aliphatic carbocycles. The van der Waals surface area contributed by atoms with Crippen LogP contribution in [0.5, 0.6) is 0 Å². The van der Waals surface area contributed by atoms with Crippen molar-refractivity contribution in [1.29, 1.82) is 0 Å². The van der Waals surface area contributed by atoms with Crippen molar-refractivity contribution in [3.63, 3.8) is 0 Å². The largest absolute Gasteiger partial charge is 0.325 e. The molecule has 5 nitrogen and oxygen atoms in total. The number of rotatable bonds is 4. The van der Waals surface area contributed by atoms with Crippen LogP contribution >= 0.6 is 0 Å². The minimum atomic E-state index is -0.0201.